The molecule has 1 aliphatic rings. The molecule has 0 saturated carbocycles. The number of ketones is 1. The summed E-state index contributed by atoms with van der Waals surface area (Å²) in [6.07, 6.45) is 0. The Morgan fingerprint density at radius 3 is 2.65 bits per heavy atom. The Labute approximate surface area is 183 Å². The number of ether oxygens (including phenoxy) is 1. The van der Waals surface area contributed by atoms with E-state index in [4.69, 9.17) is 4.74 Å². The normalized spacial score (nSPS) is 15.6. The number of nitrogens with zero attached hydrogens (tertiary/aromatic N) is 2. The van der Waals surface area contributed by atoms with Gasteiger partial charge in [0, 0.05) is 17.8 Å². The van der Waals surface area contributed by atoms with Gasteiger partial charge in [0.1, 0.15) is 17.2 Å². The maximum Gasteiger partial charge on any atom is 0.238 e. The molecule has 31 heavy (non-hydrogen) atoms. The second-order valence-corrected chi connectivity index (χ2v) is 8.23. The monoisotopic (exact) mass is 429 g/mol. The van der Waals surface area contributed by atoms with Crippen molar-refractivity contribution in [2.75, 3.05) is 23.9 Å². The fourth-order valence-corrected chi connectivity index (χ4v) is 4.74. The van der Waals surface area contributed by atoms with E-state index in [1.165, 1.54) is 11.3 Å². The van der Waals surface area contributed by atoms with Crippen molar-refractivity contribution in [3.63, 3.8) is 0 Å². The molecule has 1 atom stereocenters. The van der Waals surface area contributed by atoms with Gasteiger partial charge in [-0.3, -0.25) is 9.59 Å². The predicted molar refractivity (Wildman–Crippen MR) is 123 cm³/mol. The lowest BCUT2D eigenvalue weighted by atomic mass is 9.90. The van der Waals surface area contributed by atoms with E-state index in [1.54, 1.807) is 13.2 Å². The summed E-state index contributed by atoms with van der Waals surface area (Å²) in [6, 6.07) is 22.8. The molecule has 0 fully saturated rings. The number of para-hydroxylation sites is 3. The predicted octanol–water partition coefficient (Wildman–Crippen LogP) is 4.89. The van der Waals surface area contributed by atoms with E-state index in [9.17, 15) is 9.59 Å². The minimum atomic E-state index is -0.844. The van der Waals surface area contributed by atoms with Crippen LogP contribution in [-0.2, 0) is 4.79 Å². The summed E-state index contributed by atoms with van der Waals surface area (Å²) in [6.45, 7) is 0.264. The van der Waals surface area contributed by atoms with Crippen LogP contribution in [0, 0.1) is 5.92 Å². The Balaban J connectivity index is 1.47. The first-order valence-electron chi connectivity index (χ1n) is 9.86. The average molecular weight is 430 g/mol. The maximum atomic E-state index is 13.2. The Bertz CT molecular complexity index is 1290. The van der Waals surface area contributed by atoms with Crippen molar-refractivity contribution < 1.29 is 14.3 Å². The van der Waals surface area contributed by atoms with Crippen LogP contribution in [0.5, 0.6) is 5.75 Å². The molecule has 154 valence electrons. The molecular weight excluding hydrogens is 410 g/mol. The maximum absolute atomic E-state index is 13.2. The van der Waals surface area contributed by atoms with Gasteiger partial charge in [0.05, 0.1) is 17.5 Å². The summed E-state index contributed by atoms with van der Waals surface area (Å²) in [5.74, 6) is -0.742. The van der Waals surface area contributed by atoms with Crippen molar-refractivity contribution in [3.8, 4) is 5.75 Å². The van der Waals surface area contributed by atoms with E-state index in [1.807, 2.05) is 71.6 Å². The number of aromatic nitrogens is 1. The molecule has 4 aromatic rings. The number of carbonyl (C=O) groups excluding carboxylic acids is 2. The molecule has 0 bridgehead atoms. The molecule has 1 aromatic heterocycles. The number of amides is 1. The minimum absolute atomic E-state index is 0.182. The molecule has 0 aliphatic carbocycles. The molecule has 5 rings (SSSR count). The van der Waals surface area contributed by atoms with Crippen LogP contribution < -0.4 is 15.0 Å². The highest BCUT2D eigenvalue weighted by molar-refractivity contribution is 7.22. The Morgan fingerprint density at radius 1 is 1.06 bits per heavy atom. The first kappa shape index (κ1) is 19.3. The average Bonchev–Trinajstić information content (AvgIpc) is 3.22. The molecule has 1 unspecified atom stereocenters. The number of rotatable bonds is 4. The molecule has 1 amide bonds. The van der Waals surface area contributed by atoms with E-state index in [-0.39, 0.29) is 18.2 Å². The fourth-order valence-electron chi connectivity index (χ4n) is 3.86. The lowest BCUT2D eigenvalue weighted by Crippen LogP contribution is -2.42. The van der Waals surface area contributed by atoms with Crippen LogP contribution >= 0.6 is 11.3 Å². The van der Waals surface area contributed by atoms with Gasteiger partial charge in [0.25, 0.3) is 0 Å². The van der Waals surface area contributed by atoms with Gasteiger partial charge in [-0.2, -0.15) is 0 Å². The highest BCUT2D eigenvalue weighted by atomic mass is 32.1. The van der Waals surface area contributed by atoms with E-state index < -0.39 is 5.92 Å². The van der Waals surface area contributed by atoms with Gasteiger partial charge in [-0.25, -0.2) is 4.98 Å². The molecule has 1 N–H and O–H groups in total. The van der Waals surface area contributed by atoms with Crippen LogP contribution in [0.2, 0.25) is 0 Å². The highest BCUT2D eigenvalue weighted by Gasteiger charge is 2.37. The molecule has 0 saturated heterocycles. The zero-order chi connectivity index (χ0) is 21.4. The molecule has 7 heteroatoms. The van der Waals surface area contributed by atoms with Crippen LogP contribution in [0.1, 0.15) is 10.4 Å². The molecule has 0 radical (unpaired) electrons. The van der Waals surface area contributed by atoms with E-state index in [0.717, 1.165) is 16.1 Å². The van der Waals surface area contributed by atoms with E-state index in [0.29, 0.717) is 22.0 Å². The van der Waals surface area contributed by atoms with Crippen molar-refractivity contribution >= 4 is 49.8 Å². The number of fused-ring (bicyclic) bond motifs is 2. The number of hydrogen-bond donors (Lipinski definition) is 1. The number of benzene rings is 3. The SMILES string of the molecule is COc1cccc2sc(NC(=O)C3CN(c4ccccc4)c4ccccc4C3=O)nc12. The van der Waals surface area contributed by atoms with Crippen LogP contribution in [0.3, 0.4) is 0 Å². The number of thiazole rings is 1. The lowest BCUT2D eigenvalue weighted by molar-refractivity contribution is -0.118. The fraction of sp³-hybridized carbons (Fsp3) is 0.125. The molecular formula is C24H19N3O3S. The van der Waals surface area contributed by atoms with Crippen LogP contribution in [-0.4, -0.2) is 30.3 Å². The molecule has 6 nitrogen and oxygen atoms in total. The van der Waals surface area contributed by atoms with Gasteiger partial charge in [-0.1, -0.05) is 47.7 Å². The number of methoxy groups -OCH3 is 1. The van der Waals surface area contributed by atoms with Gasteiger partial charge in [0.15, 0.2) is 10.9 Å². The quantitative estimate of drug-likeness (QED) is 0.468. The summed E-state index contributed by atoms with van der Waals surface area (Å²) < 4.78 is 6.26. The summed E-state index contributed by atoms with van der Waals surface area (Å²) >= 11 is 1.36. The number of Topliss-reactive ketones (excluding diaryl/α,β-unsaturated/α-hetero) is 1. The second-order valence-electron chi connectivity index (χ2n) is 7.20. The van der Waals surface area contributed by atoms with Gasteiger partial charge >= 0.3 is 0 Å². The topological polar surface area (TPSA) is 71.5 Å². The van der Waals surface area contributed by atoms with Crippen molar-refractivity contribution in [1.82, 2.24) is 4.98 Å². The minimum Gasteiger partial charge on any atom is -0.494 e. The highest BCUT2D eigenvalue weighted by Crippen LogP contribution is 2.36. The summed E-state index contributed by atoms with van der Waals surface area (Å²) in [5.41, 5.74) is 2.98. The zero-order valence-corrected chi connectivity index (χ0v) is 17.6. The van der Waals surface area contributed by atoms with Gasteiger partial charge in [-0.15, -0.1) is 0 Å². The van der Waals surface area contributed by atoms with E-state index in [2.05, 4.69) is 10.3 Å². The first-order chi connectivity index (χ1) is 15.2. The van der Waals surface area contributed by atoms with Crippen LogP contribution in [0.25, 0.3) is 10.2 Å². The Morgan fingerprint density at radius 2 is 1.84 bits per heavy atom. The van der Waals surface area contributed by atoms with Gasteiger partial charge in [0.2, 0.25) is 5.91 Å². The summed E-state index contributed by atoms with van der Waals surface area (Å²) in [7, 11) is 1.59. The third-order valence-electron chi connectivity index (χ3n) is 5.36. The Kier molecular flexibility index (Phi) is 4.88. The Hall–Kier alpha value is -3.71. The first-order valence-corrected chi connectivity index (χ1v) is 10.7. The van der Waals surface area contributed by atoms with Crippen LogP contribution in [0.15, 0.2) is 72.8 Å². The van der Waals surface area contributed by atoms with Crippen molar-refractivity contribution in [1.29, 1.82) is 0 Å². The smallest absolute Gasteiger partial charge is 0.238 e. The van der Waals surface area contributed by atoms with Crippen LogP contribution in [0.4, 0.5) is 16.5 Å². The number of anilines is 3. The number of nitrogens with one attached hydrogen (secondary N) is 1. The van der Waals surface area contributed by atoms with Crippen molar-refractivity contribution in [2.45, 2.75) is 0 Å². The largest absolute Gasteiger partial charge is 0.494 e. The zero-order valence-electron chi connectivity index (χ0n) is 16.7. The second kappa shape index (κ2) is 7.85. The summed E-state index contributed by atoms with van der Waals surface area (Å²) in [4.78, 5) is 32.9. The standard InChI is InChI=1S/C24H19N3O3S/c1-30-19-12-7-13-20-21(19)25-24(31-20)26-23(29)17-14-27(15-8-3-2-4-9-15)18-11-6-5-10-16(18)22(17)28/h2-13,17H,14H2,1H3,(H,25,26,29). The number of hydrogen-bond acceptors (Lipinski definition) is 6. The molecule has 0 spiro atoms. The van der Waals surface area contributed by atoms with Gasteiger partial charge in [-0.05, 0) is 36.4 Å². The molecule has 2 heterocycles. The van der Waals surface area contributed by atoms with Crippen molar-refractivity contribution in [3.05, 3.63) is 78.4 Å². The van der Waals surface area contributed by atoms with Gasteiger partial charge < -0.3 is 15.0 Å². The lowest BCUT2D eigenvalue weighted by Gasteiger charge is -2.34. The van der Waals surface area contributed by atoms with Crippen molar-refractivity contribution in [2.24, 2.45) is 5.92 Å². The van der Waals surface area contributed by atoms with E-state index >= 15 is 0 Å². The number of carbonyl (C=O) groups is 2. The molecule has 1 aliphatic heterocycles. The third-order valence-corrected chi connectivity index (χ3v) is 6.29. The molecule has 3 aromatic carbocycles. The summed E-state index contributed by atoms with van der Waals surface area (Å²) in [5, 5.41) is 3.30. The third kappa shape index (κ3) is 3.43.